The standard InChI is InChI=1S/C16H16F3N3O/c1-9(2)7-14(23)21-10-3-6-13(20-8-10)22-12-5-4-11(17)15(18)16(12)19/h3-6,8-9H,7H2,1-2H3,(H,20,22)(H,21,23). The van der Waals surface area contributed by atoms with Gasteiger partial charge in [0.15, 0.2) is 17.5 Å². The van der Waals surface area contributed by atoms with Gasteiger partial charge in [-0.2, -0.15) is 0 Å². The van der Waals surface area contributed by atoms with E-state index in [4.69, 9.17) is 0 Å². The minimum Gasteiger partial charge on any atom is -0.338 e. The summed E-state index contributed by atoms with van der Waals surface area (Å²) >= 11 is 0. The fourth-order valence-electron chi connectivity index (χ4n) is 1.88. The van der Waals surface area contributed by atoms with E-state index in [0.717, 1.165) is 12.1 Å². The largest absolute Gasteiger partial charge is 0.338 e. The number of nitrogens with zero attached hydrogens (tertiary/aromatic N) is 1. The highest BCUT2D eigenvalue weighted by Crippen LogP contribution is 2.23. The van der Waals surface area contributed by atoms with Crippen LogP contribution in [0.15, 0.2) is 30.5 Å². The van der Waals surface area contributed by atoms with Gasteiger partial charge in [0.1, 0.15) is 5.82 Å². The van der Waals surface area contributed by atoms with Gasteiger partial charge in [-0.05, 0) is 30.2 Å². The molecule has 1 heterocycles. The van der Waals surface area contributed by atoms with Gasteiger partial charge in [-0.1, -0.05) is 13.8 Å². The maximum atomic E-state index is 13.6. The van der Waals surface area contributed by atoms with Crippen molar-refractivity contribution in [1.29, 1.82) is 0 Å². The van der Waals surface area contributed by atoms with Gasteiger partial charge in [-0.15, -0.1) is 0 Å². The van der Waals surface area contributed by atoms with Crippen LogP contribution in [-0.4, -0.2) is 10.9 Å². The molecule has 1 aromatic carbocycles. The van der Waals surface area contributed by atoms with Gasteiger partial charge in [0.2, 0.25) is 5.91 Å². The predicted octanol–water partition coefficient (Wildman–Crippen LogP) is 4.23. The summed E-state index contributed by atoms with van der Waals surface area (Å²) < 4.78 is 39.6. The minimum absolute atomic E-state index is 0.130. The second-order valence-electron chi connectivity index (χ2n) is 5.43. The number of halogens is 3. The molecular formula is C16H16F3N3O. The third-order valence-corrected chi connectivity index (χ3v) is 2.94. The molecule has 0 aliphatic rings. The average molecular weight is 323 g/mol. The molecule has 0 saturated carbocycles. The molecular weight excluding hydrogens is 307 g/mol. The molecule has 0 bridgehead atoms. The first-order chi connectivity index (χ1) is 10.9. The maximum Gasteiger partial charge on any atom is 0.224 e. The summed E-state index contributed by atoms with van der Waals surface area (Å²) in [5.74, 6) is -3.79. The zero-order valence-corrected chi connectivity index (χ0v) is 12.7. The zero-order chi connectivity index (χ0) is 17.0. The zero-order valence-electron chi connectivity index (χ0n) is 12.7. The summed E-state index contributed by atoms with van der Waals surface area (Å²) in [6, 6.07) is 4.96. The lowest BCUT2D eigenvalue weighted by Crippen LogP contribution is -2.14. The number of carbonyl (C=O) groups excluding carboxylic acids is 1. The molecule has 1 amide bonds. The molecule has 0 fully saturated rings. The highest BCUT2D eigenvalue weighted by atomic mass is 19.2. The molecule has 23 heavy (non-hydrogen) atoms. The number of aromatic nitrogens is 1. The summed E-state index contributed by atoms with van der Waals surface area (Å²) in [5, 5.41) is 5.23. The lowest BCUT2D eigenvalue weighted by Gasteiger charge is -2.09. The Kier molecular flexibility index (Phi) is 5.20. The smallest absolute Gasteiger partial charge is 0.224 e. The summed E-state index contributed by atoms with van der Waals surface area (Å²) in [4.78, 5) is 15.6. The van der Waals surface area contributed by atoms with Crippen LogP contribution < -0.4 is 10.6 Å². The van der Waals surface area contributed by atoms with Crippen molar-refractivity contribution in [1.82, 2.24) is 4.98 Å². The van der Waals surface area contributed by atoms with Crippen LogP contribution in [0.25, 0.3) is 0 Å². The molecule has 7 heteroatoms. The van der Waals surface area contributed by atoms with Crippen molar-refractivity contribution in [2.24, 2.45) is 5.92 Å². The molecule has 0 aliphatic carbocycles. The van der Waals surface area contributed by atoms with E-state index in [1.807, 2.05) is 13.8 Å². The van der Waals surface area contributed by atoms with Gasteiger partial charge in [-0.3, -0.25) is 4.79 Å². The van der Waals surface area contributed by atoms with Gasteiger partial charge in [0.05, 0.1) is 17.6 Å². The Morgan fingerprint density at radius 1 is 1.13 bits per heavy atom. The van der Waals surface area contributed by atoms with Crippen molar-refractivity contribution < 1.29 is 18.0 Å². The quantitative estimate of drug-likeness (QED) is 0.810. The number of hydrogen-bond acceptors (Lipinski definition) is 3. The monoisotopic (exact) mass is 323 g/mol. The Morgan fingerprint density at radius 2 is 1.87 bits per heavy atom. The molecule has 2 rings (SSSR count). The topological polar surface area (TPSA) is 54.0 Å². The van der Waals surface area contributed by atoms with Crippen LogP contribution >= 0.6 is 0 Å². The van der Waals surface area contributed by atoms with Gasteiger partial charge < -0.3 is 10.6 Å². The SMILES string of the molecule is CC(C)CC(=O)Nc1ccc(Nc2ccc(F)c(F)c2F)nc1. The number of nitrogens with one attached hydrogen (secondary N) is 2. The van der Waals surface area contributed by atoms with Crippen molar-refractivity contribution in [2.75, 3.05) is 10.6 Å². The molecule has 122 valence electrons. The molecule has 0 aliphatic heterocycles. The second kappa shape index (κ2) is 7.13. The normalized spacial score (nSPS) is 10.7. The summed E-state index contributed by atoms with van der Waals surface area (Å²) in [7, 11) is 0. The van der Waals surface area contributed by atoms with Crippen molar-refractivity contribution in [3.05, 3.63) is 47.9 Å². The first-order valence-corrected chi connectivity index (χ1v) is 7.03. The molecule has 0 saturated heterocycles. The van der Waals surface area contributed by atoms with Crippen LogP contribution in [0, 0.1) is 23.4 Å². The Labute approximate surface area is 131 Å². The Balaban J connectivity index is 2.06. The summed E-state index contributed by atoms with van der Waals surface area (Å²) in [5.41, 5.74) is 0.264. The number of anilines is 3. The lowest BCUT2D eigenvalue weighted by molar-refractivity contribution is -0.116. The number of benzene rings is 1. The van der Waals surface area contributed by atoms with E-state index < -0.39 is 17.5 Å². The van der Waals surface area contributed by atoms with Crippen LogP contribution in [0.2, 0.25) is 0 Å². The highest BCUT2D eigenvalue weighted by molar-refractivity contribution is 5.90. The fraction of sp³-hybridized carbons (Fsp3) is 0.250. The van der Waals surface area contributed by atoms with Crippen LogP contribution in [0.5, 0.6) is 0 Å². The molecule has 0 unspecified atom stereocenters. The predicted molar refractivity (Wildman–Crippen MR) is 81.9 cm³/mol. The van der Waals surface area contributed by atoms with Gasteiger partial charge in [0.25, 0.3) is 0 Å². The Hall–Kier alpha value is -2.57. The van der Waals surface area contributed by atoms with Crippen molar-refractivity contribution >= 4 is 23.1 Å². The van der Waals surface area contributed by atoms with E-state index in [1.54, 1.807) is 6.07 Å². The van der Waals surface area contributed by atoms with E-state index in [2.05, 4.69) is 15.6 Å². The second-order valence-corrected chi connectivity index (χ2v) is 5.43. The number of amides is 1. The van der Waals surface area contributed by atoms with Gasteiger partial charge in [-0.25, -0.2) is 18.2 Å². The number of pyridine rings is 1. The molecule has 4 nitrogen and oxygen atoms in total. The first-order valence-electron chi connectivity index (χ1n) is 7.03. The van der Waals surface area contributed by atoms with Crippen LogP contribution in [0.3, 0.4) is 0 Å². The molecule has 0 spiro atoms. The Bertz CT molecular complexity index is 702. The first kappa shape index (κ1) is 16.8. The van der Waals surface area contributed by atoms with Crippen LogP contribution in [0.1, 0.15) is 20.3 Å². The van der Waals surface area contributed by atoms with E-state index in [0.29, 0.717) is 12.1 Å². The van der Waals surface area contributed by atoms with E-state index in [9.17, 15) is 18.0 Å². The maximum absolute atomic E-state index is 13.6. The van der Waals surface area contributed by atoms with E-state index in [1.165, 1.54) is 12.3 Å². The van der Waals surface area contributed by atoms with Gasteiger partial charge >= 0.3 is 0 Å². The molecule has 2 aromatic rings. The third kappa shape index (κ3) is 4.45. The van der Waals surface area contributed by atoms with Crippen molar-refractivity contribution in [3.63, 3.8) is 0 Å². The van der Waals surface area contributed by atoms with Crippen molar-refractivity contribution in [2.45, 2.75) is 20.3 Å². The average Bonchev–Trinajstić information content (AvgIpc) is 2.49. The summed E-state index contributed by atoms with van der Waals surface area (Å²) in [6.45, 7) is 3.86. The number of carbonyl (C=O) groups is 1. The van der Waals surface area contributed by atoms with Crippen LogP contribution in [0.4, 0.5) is 30.4 Å². The van der Waals surface area contributed by atoms with Crippen molar-refractivity contribution in [3.8, 4) is 0 Å². The molecule has 1 aromatic heterocycles. The Morgan fingerprint density at radius 3 is 2.48 bits per heavy atom. The van der Waals surface area contributed by atoms with Crippen LogP contribution in [-0.2, 0) is 4.79 Å². The van der Waals surface area contributed by atoms with E-state index in [-0.39, 0.29) is 23.3 Å². The van der Waals surface area contributed by atoms with E-state index >= 15 is 0 Å². The van der Waals surface area contributed by atoms with Gasteiger partial charge in [0, 0.05) is 6.42 Å². The lowest BCUT2D eigenvalue weighted by atomic mass is 10.1. The minimum atomic E-state index is -1.55. The molecule has 2 N–H and O–H groups in total. The number of rotatable bonds is 5. The third-order valence-electron chi connectivity index (χ3n) is 2.94. The highest BCUT2D eigenvalue weighted by Gasteiger charge is 2.13. The molecule has 0 atom stereocenters. The fourth-order valence-corrected chi connectivity index (χ4v) is 1.88. The number of hydrogen-bond donors (Lipinski definition) is 2. The summed E-state index contributed by atoms with van der Waals surface area (Å²) in [6.07, 6.45) is 1.78. The molecule has 0 radical (unpaired) electrons.